The molecule has 3 nitrogen and oxygen atoms in total. The molecule has 1 aromatic heterocycles. The first-order valence-corrected chi connectivity index (χ1v) is 4.07. The average Bonchev–Trinajstić information content (AvgIpc) is 2.02. The lowest BCUT2D eigenvalue weighted by Crippen LogP contribution is -2.38. The van der Waals surface area contributed by atoms with Gasteiger partial charge in [0.15, 0.2) is 6.29 Å². The van der Waals surface area contributed by atoms with Crippen molar-refractivity contribution in [3.05, 3.63) is 23.9 Å². The van der Waals surface area contributed by atoms with Crippen LogP contribution in [0.15, 0.2) is 18.3 Å². The largest absolute Gasteiger partial charge is 0.356 e. The van der Waals surface area contributed by atoms with Crippen molar-refractivity contribution in [2.45, 2.75) is 6.42 Å². The van der Waals surface area contributed by atoms with E-state index in [-0.39, 0.29) is 0 Å². The minimum atomic E-state index is 0.692. The molecule has 2 heterocycles. The van der Waals surface area contributed by atoms with E-state index in [1.165, 1.54) is 6.42 Å². The number of rotatable bonds is 2. The molecule has 0 aromatic carbocycles. The van der Waals surface area contributed by atoms with Gasteiger partial charge in [-0.15, -0.1) is 0 Å². The summed E-state index contributed by atoms with van der Waals surface area (Å²) in [5.74, 6) is 0.832. The zero-order valence-corrected chi connectivity index (χ0v) is 6.73. The van der Waals surface area contributed by atoms with Gasteiger partial charge in [0.05, 0.1) is 5.56 Å². The molecular formula is C9H10N2O. The Morgan fingerprint density at radius 1 is 1.50 bits per heavy atom. The van der Waals surface area contributed by atoms with Gasteiger partial charge in [-0.25, -0.2) is 4.98 Å². The van der Waals surface area contributed by atoms with Crippen LogP contribution >= 0.6 is 0 Å². The Kier molecular flexibility index (Phi) is 1.78. The standard InChI is InChI=1S/C9H10N2O/c12-7-8-3-1-4-10-9(8)11-5-2-6-11/h1,3-4,7H,2,5-6H2. The van der Waals surface area contributed by atoms with Crippen LogP contribution in [0, 0.1) is 0 Å². The topological polar surface area (TPSA) is 33.2 Å². The van der Waals surface area contributed by atoms with Gasteiger partial charge in [-0.05, 0) is 18.6 Å². The Morgan fingerprint density at radius 3 is 2.92 bits per heavy atom. The fourth-order valence-corrected chi connectivity index (χ4v) is 1.29. The summed E-state index contributed by atoms with van der Waals surface area (Å²) in [5, 5.41) is 0. The van der Waals surface area contributed by atoms with Gasteiger partial charge in [-0.3, -0.25) is 4.79 Å². The van der Waals surface area contributed by atoms with E-state index in [1.807, 2.05) is 0 Å². The van der Waals surface area contributed by atoms with Gasteiger partial charge < -0.3 is 4.90 Å². The molecule has 0 radical (unpaired) electrons. The SMILES string of the molecule is O=Cc1cccnc1N1CCC1. The highest BCUT2D eigenvalue weighted by atomic mass is 16.1. The first-order valence-electron chi connectivity index (χ1n) is 4.07. The highest BCUT2D eigenvalue weighted by Crippen LogP contribution is 2.20. The normalized spacial score (nSPS) is 15.5. The summed E-state index contributed by atoms with van der Waals surface area (Å²) in [6, 6.07) is 3.58. The zero-order chi connectivity index (χ0) is 8.39. The van der Waals surface area contributed by atoms with E-state index >= 15 is 0 Å². The second-order valence-electron chi connectivity index (χ2n) is 2.87. The van der Waals surface area contributed by atoms with E-state index in [0.717, 1.165) is 25.2 Å². The second kappa shape index (κ2) is 2.93. The van der Waals surface area contributed by atoms with Crippen LogP contribution in [0.2, 0.25) is 0 Å². The van der Waals surface area contributed by atoms with Gasteiger partial charge in [0.2, 0.25) is 0 Å². The molecule has 0 N–H and O–H groups in total. The quantitative estimate of drug-likeness (QED) is 0.610. The molecule has 2 rings (SSSR count). The third-order valence-corrected chi connectivity index (χ3v) is 2.10. The summed E-state index contributed by atoms with van der Waals surface area (Å²) in [6.07, 6.45) is 3.79. The van der Waals surface area contributed by atoms with Gasteiger partial charge >= 0.3 is 0 Å². The van der Waals surface area contributed by atoms with Gasteiger partial charge in [0.1, 0.15) is 5.82 Å². The summed E-state index contributed by atoms with van der Waals surface area (Å²) in [4.78, 5) is 16.9. The molecule has 62 valence electrons. The molecule has 3 heteroatoms. The lowest BCUT2D eigenvalue weighted by atomic mass is 10.2. The smallest absolute Gasteiger partial charge is 0.153 e. The molecule has 0 bridgehead atoms. The minimum Gasteiger partial charge on any atom is -0.356 e. The van der Waals surface area contributed by atoms with Crippen LogP contribution < -0.4 is 4.90 Å². The van der Waals surface area contributed by atoms with Crippen LogP contribution in [0.5, 0.6) is 0 Å². The van der Waals surface area contributed by atoms with E-state index in [0.29, 0.717) is 5.56 Å². The number of carbonyl (C=O) groups excluding carboxylic acids is 1. The molecule has 1 saturated heterocycles. The van der Waals surface area contributed by atoms with Crippen LogP contribution in [-0.2, 0) is 0 Å². The first kappa shape index (κ1) is 7.28. The molecule has 0 atom stereocenters. The van der Waals surface area contributed by atoms with Gasteiger partial charge in [0.25, 0.3) is 0 Å². The van der Waals surface area contributed by atoms with Crippen molar-refractivity contribution >= 4 is 12.1 Å². The number of hydrogen-bond acceptors (Lipinski definition) is 3. The third-order valence-electron chi connectivity index (χ3n) is 2.10. The number of pyridine rings is 1. The predicted octanol–water partition coefficient (Wildman–Crippen LogP) is 1.10. The highest BCUT2D eigenvalue weighted by Gasteiger charge is 2.17. The molecule has 1 fully saturated rings. The fourth-order valence-electron chi connectivity index (χ4n) is 1.29. The Morgan fingerprint density at radius 2 is 2.33 bits per heavy atom. The van der Waals surface area contributed by atoms with Crippen molar-refractivity contribution in [2.75, 3.05) is 18.0 Å². The molecule has 0 amide bonds. The van der Waals surface area contributed by atoms with Crippen LogP contribution in [0.3, 0.4) is 0 Å². The predicted molar refractivity (Wildman–Crippen MR) is 46.5 cm³/mol. The van der Waals surface area contributed by atoms with Gasteiger partial charge in [-0.2, -0.15) is 0 Å². The second-order valence-corrected chi connectivity index (χ2v) is 2.87. The third kappa shape index (κ3) is 1.07. The molecule has 1 aliphatic heterocycles. The van der Waals surface area contributed by atoms with Gasteiger partial charge in [-0.1, -0.05) is 0 Å². The average molecular weight is 162 g/mol. The van der Waals surface area contributed by atoms with Crippen molar-refractivity contribution < 1.29 is 4.79 Å². The van der Waals surface area contributed by atoms with Crippen molar-refractivity contribution in [3.8, 4) is 0 Å². The summed E-state index contributed by atoms with van der Waals surface area (Å²) in [6.45, 7) is 2.05. The zero-order valence-electron chi connectivity index (χ0n) is 6.73. The maximum atomic E-state index is 10.6. The summed E-state index contributed by atoms with van der Waals surface area (Å²) >= 11 is 0. The van der Waals surface area contributed by atoms with E-state index in [1.54, 1.807) is 18.3 Å². The minimum absolute atomic E-state index is 0.692. The van der Waals surface area contributed by atoms with E-state index in [9.17, 15) is 4.79 Å². The Bertz CT molecular complexity index is 294. The number of anilines is 1. The number of aldehydes is 1. The molecule has 1 aliphatic rings. The molecule has 0 saturated carbocycles. The van der Waals surface area contributed by atoms with Crippen molar-refractivity contribution in [3.63, 3.8) is 0 Å². The lowest BCUT2D eigenvalue weighted by molar-refractivity contribution is 0.112. The Balaban J connectivity index is 2.33. The summed E-state index contributed by atoms with van der Waals surface area (Å²) < 4.78 is 0. The van der Waals surface area contributed by atoms with Crippen molar-refractivity contribution in [1.29, 1.82) is 0 Å². The maximum absolute atomic E-state index is 10.6. The number of aromatic nitrogens is 1. The number of nitrogens with zero attached hydrogens (tertiary/aromatic N) is 2. The van der Waals surface area contributed by atoms with Crippen molar-refractivity contribution in [2.24, 2.45) is 0 Å². The fraction of sp³-hybridized carbons (Fsp3) is 0.333. The Labute approximate surface area is 71.0 Å². The van der Waals surface area contributed by atoms with Gasteiger partial charge in [0, 0.05) is 19.3 Å². The number of carbonyl (C=O) groups is 1. The van der Waals surface area contributed by atoms with E-state index < -0.39 is 0 Å². The van der Waals surface area contributed by atoms with Crippen LogP contribution in [-0.4, -0.2) is 24.4 Å². The molecule has 0 aliphatic carbocycles. The van der Waals surface area contributed by atoms with Crippen molar-refractivity contribution in [1.82, 2.24) is 4.98 Å². The molecule has 1 aromatic rings. The van der Waals surface area contributed by atoms with Crippen LogP contribution in [0.4, 0.5) is 5.82 Å². The van der Waals surface area contributed by atoms with E-state index in [4.69, 9.17) is 0 Å². The van der Waals surface area contributed by atoms with Crippen LogP contribution in [0.25, 0.3) is 0 Å². The number of hydrogen-bond donors (Lipinski definition) is 0. The Hall–Kier alpha value is -1.38. The summed E-state index contributed by atoms with van der Waals surface area (Å²) in [7, 11) is 0. The monoisotopic (exact) mass is 162 g/mol. The first-order chi connectivity index (χ1) is 5.92. The maximum Gasteiger partial charge on any atom is 0.153 e. The highest BCUT2D eigenvalue weighted by molar-refractivity contribution is 5.82. The van der Waals surface area contributed by atoms with Crippen LogP contribution in [0.1, 0.15) is 16.8 Å². The summed E-state index contributed by atoms with van der Waals surface area (Å²) in [5.41, 5.74) is 0.692. The molecule has 0 spiro atoms. The molecule has 12 heavy (non-hydrogen) atoms. The molecular weight excluding hydrogens is 152 g/mol. The molecule has 0 unspecified atom stereocenters. The lowest BCUT2D eigenvalue weighted by Gasteiger charge is -2.32. The van der Waals surface area contributed by atoms with E-state index in [2.05, 4.69) is 9.88 Å².